The van der Waals surface area contributed by atoms with Gasteiger partial charge in [0, 0.05) is 45.2 Å². The van der Waals surface area contributed by atoms with E-state index in [0.29, 0.717) is 43.7 Å². The van der Waals surface area contributed by atoms with Gasteiger partial charge in [-0.3, -0.25) is 24.6 Å². The van der Waals surface area contributed by atoms with Crippen molar-refractivity contribution < 1.29 is 14.5 Å². The molecule has 1 fully saturated rings. The zero-order valence-electron chi connectivity index (χ0n) is 18.0. The number of nitrogens with zero attached hydrogens (tertiary/aromatic N) is 3. The maximum Gasteiger partial charge on any atom is 0.274 e. The Bertz CT molecular complexity index is 951. The van der Waals surface area contributed by atoms with Crippen LogP contribution in [0.15, 0.2) is 42.5 Å². The van der Waals surface area contributed by atoms with Gasteiger partial charge in [0.1, 0.15) is 0 Å². The molecule has 8 heteroatoms. The second kappa shape index (κ2) is 10.2. The van der Waals surface area contributed by atoms with Crippen LogP contribution in [0.2, 0.25) is 0 Å². The average molecular weight is 425 g/mol. The molecule has 0 aromatic heterocycles. The van der Waals surface area contributed by atoms with E-state index in [4.69, 9.17) is 0 Å². The van der Waals surface area contributed by atoms with Crippen molar-refractivity contribution in [2.24, 2.45) is 0 Å². The fourth-order valence-electron chi connectivity index (χ4n) is 3.64. The molecular weight excluding hydrogens is 396 g/mol. The molecule has 1 aliphatic heterocycles. The molecule has 0 saturated carbocycles. The van der Waals surface area contributed by atoms with Crippen molar-refractivity contribution in [2.45, 2.75) is 26.7 Å². The van der Waals surface area contributed by atoms with Crippen molar-refractivity contribution in [3.05, 3.63) is 69.3 Å². The number of amides is 2. The summed E-state index contributed by atoms with van der Waals surface area (Å²) in [6.45, 7) is 6.98. The molecule has 1 saturated heterocycles. The number of hydrogen-bond acceptors (Lipinski definition) is 5. The molecule has 0 bridgehead atoms. The molecule has 0 aliphatic carbocycles. The van der Waals surface area contributed by atoms with Crippen LogP contribution in [0.5, 0.6) is 0 Å². The predicted octanol–water partition coefficient (Wildman–Crippen LogP) is 2.93. The fourth-order valence-corrected chi connectivity index (χ4v) is 3.64. The molecule has 2 aromatic carbocycles. The number of nitro benzene ring substituents is 1. The normalized spacial score (nSPS) is 14.3. The molecule has 0 atom stereocenters. The number of piperazine rings is 1. The lowest BCUT2D eigenvalue weighted by Crippen LogP contribution is -2.49. The Morgan fingerprint density at radius 1 is 1.03 bits per heavy atom. The van der Waals surface area contributed by atoms with Crippen molar-refractivity contribution in [1.82, 2.24) is 9.80 Å². The van der Waals surface area contributed by atoms with Crippen LogP contribution in [0.3, 0.4) is 0 Å². The molecule has 0 unspecified atom stereocenters. The van der Waals surface area contributed by atoms with Gasteiger partial charge in [0.15, 0.2) is 0 Å². The first-order valence-corrected chi connectivity index (χ1v) is 10.4. The van der Waals surface area contributed by atoms with Crippen molar-refractivity contribution in [3.8, 4) is 0 Å². The van der Waals surface area contributed by atoms with E-state index in [9.17, 15) is 19.7 Å². The van der Waals surface area contributed by atoms with Crippen molar-refractivity contribution in [2.75, 3.05) is 38.0 Å². The van der Waals surface area contributed by atoms with E-state index >= 15 is 0 Å². The Kier molecular flexibility index (Phi) is 7.36. The lowest BCUT2D eigenvalue weighted by molar-refractivity contribution is -0.385. The molecule has 164 valence electrons. The van der Waals surface area contributed by atoms with Gasteiger partial charge in [0.25, 0.3) is 5.69 Å². The summed E-state index contributed by atoms with van der Waals surface area (Å²) in [5, 5.41) is 13.8. The van der Waals surface area contributed by atoms with E-state index in [2.05, 4.69) is 10.2 Å². The molecule has 1 heterocycles. The summed E-state index contributed by atoms with van der Waals surface area (Å²) >= 11 is 0. The lowest BCUT2D eigenvalue weighted by atomic mass is 10.1. The van der Waals surface area contributed by atoms with Crippen LogP contribution in [0.25, 0.3) is 0 Å². The minimum absolute atomic E-state index is 0.00998. The van der Waals surface area contributed by atoms with Gasteiger partial charge in [-0.1, -0.05) is 35.9 Å². The third-order valence-electron chi connectivity index (χ3n) is 5.63. The van der Waals surface area contributed by atoms with Crippen LogP contribution in [-0.4, -0.2) is 59.3 Å². The minimum Gasteiger partial charge on any atom is -0.340 e. The SMILES string of the molecule is Cc1ccc(CC(=O)N2CCN(CCC(=O)Nc3cccc([N+](=O)[O-])c3C)CC2)cc1. The van der Waals surface area contributed by atoms with E-state index in [0.717, 1.165) is 18.7 Å². The fraction of sp³-hybridized carbons (Fsp3) is 0.391. The van der Waals surface area contributed by atoms with E-state index in [1.54, 1.807) is 19.1 Å². The number of rotatable bonds is 7. The van der Waals surface area contributed by atoms with Crippen LogP contribution >= 0.6 is 0 Å². The van der Waals surface area contributed by atoms with Gasteiger partial charge in [0.05, 0.1) is 22.6 Å². The Morgan fingerprint density at radius 3 is 2.35 bits per heavy atom. The zero-order chi connectivity index (χ0) is 22.4. The number of hydrogen-bond donors (Lipinski definition) is 1. The quantitative estimate of drug-likeness (QED) is 0.545. The minimum atomic E-state index is -0.454. The molecule has 1 aliphatic rings. The highest BCUT2D eigenvalue weighted by Gasteiger charge is 2.22. The second-order valence-corrected chi connectivity index (χ2v) is 7.89. The number of aryl methyl sites for hydroxylation is 1. The topological polar surface area (TPSA) is 95.8 Å². The monoisotopic (exact) mass is 424 g/mol. The van der Waals surface area contributed by atoms with Crippen molar-refractivity contribution >= 4 is 23.2 Å². The third kappa shape index (κ3) is 6.11. The van der Waals surface area contributed by atoms with Gasteiger partial charge in [-0.25, -0.2) is 0 Å². The van der Waals surface area contributed by atoms with E-state index in [1.807, 2.05) is 36.1 Å². The third-order valence-corrected chi connectivity index (χ3v) is 5.63. The smallest absolute Gasteiger partial charge is 0.274 e. The number of nitrogens with one attached hydrogen (secondary N) is 1. The van der Waals surface area contributed by atoms with Gasteiger partial charge in [-0.15, -0.1) is 0 Å². The Balaban J connectivity index is 1.42. The first-order chi connectivity index (χ1) is 14.8. The highest BCUT2D eigenvalue weighted by molar-refractivity contribution is 5.92. The molecule has 0 radical (unpaired) electrons. The Hall–Kier alpha value is -3.26. The summed E-state index contributed by atoms with van der Waals surface area (Å²) in [4.78, 5) is 39.5. The molecule has 0 spiro atoms. The average Bonchev–Trinajstić information content (AvgIpc) is 2.75. The van der Waals surface area contributed by atoms with Crippen LogP contribution in [0.1, 0.15) is 23.1 Å². The number of carbonyl (C=O) groups is 2. The molecule has 31 heavy (non-hydrogen) atoms. The molecule has 3 rings (SSSR count). The molecule has 2 amide bonds. The maximum atomic E-state index is 12.5. The number of benzene rings is 2. The van der Waals surface area contributed by atoms with Crippen LogP contribution < -0.4 is 5.32 Å². The van der Waals surface area contributed by atoms with Gasteiger partial charge >= 0.3 is 0 Å². The molecule has 2 aromatic rings. The predicted molar refractivity (Wildman–Crippen MR) is 119 cm³/mol. The molecule has 8 nitrogen and oxygen atoms in total. The standard InChI is InChI=1S/C23H28N4O4/c1-17-6-8-19(9-7-17)16-23(29)26-14-12-25(13-15-26)11-10-22(28)24-20-4-3-5-21(18(20)2)27(30)31/h3-9H,10-16H2,1-2H3,(H,24,28). The Labute approximate surface area is 182 Å². The number of nitro groups is 1. The van der Waals surface area contributed by atoms with Gasteiger partial charge in [-0.2, -0.15) is 0 Å². The first-order valence-electron chi connectivity index (χ1n) is 10.4. The van der Waals surface area contributed by atoms with Crippen LogP contribution in [-0.2, 0) is 16.0 Å². The van der Waals surface area contributed by atoms with Crippen LogP contribution in [0, 0.1) is 24.0 Å². The first kappa shape index (κ1) is 22.4. The van der Waals surface area contributed by atoms with Crippen LogP contribution in [0.4, 0.5) is 11.4 Å². The zero-order valence-corrected chi connectivity index (χ0v) is 18.0. The summed E-state index contributed by atoms with van der Waals surface area (Å²) < 4.78 is 0. The summed E-state index contributed by atoms with van der Waals surface area (Å²) in [5.41, 5.74) is 3.09. The van der Waals surface area contributed by atoms with Crippen molar-refractivity contribution in [3.63, 3.8) is 0 Å². The summed E-state index contributed by atoms with van der Waals surface area (Å²) in [7, 11) is 0. The second-order valence-electron chi connectivity index (χ2n) is 7.89. The molecular formula is C23H28N4O4. The number of anilines is 1. The van der Waals surface area contributed by atoms with E-state index in [-0.39, 0.29) is 17.5 Å². The highest BCUT2D eigenvalue weighted by Crippen LogP contribution is 2.25. The lowest BCUT2D eigenvalue weighted by Gasteiger charge is -2.34. The maximum absolute atomic E-state index is 12.5. The summed E-state index contributed by atoms with van der Waals surface area (Å²) in [5.74, 6) is -0.0520. The van der Waals surface area contributed by atoms with Gasteiger partial charge < -0.3 is 10.2 Å². The van der Waals surface area contributed by atoms with Crippen molar-refractivity contribution in [1.29, 1.82) is 0 Å². The summed E-state index contributed by atoms with van der Waals surface area (Å²) in [6.07, 6.45) is 0.699. The largest absolute Gasteiger partial charge is 0.340 e. The molecule has 1 N–H and O–H groups in total. The highest BCUT2D eigenvalue weighted by atomic mass is 16.6. The van der Waals surface area contributed by atoms with Gasteiger partial charge in [-0.05, 0) is 25.5 Å². The van der Waals surface area contributed by atoms with Gasteiger partial charge in [0.2, 0.25) is 11.8 Å². The summed E-state index contributed by atoms with van der Waals surface area (Å²) in [6, 6.07) is 12.7. The Morgan fingerprint density at radius 2 is 1.71 bits per heavy atom. The van der Waals surface area contributed by atoms with E-state index < -0.39 is 4.92 Å². The number of carbonyl (C=O) groups excluding carboxylic acids is 2. The van der Waals surface area contributed by atoms with E-state index in [1.165, 1.54) is 11.6 Å².